The standard InChI is InChI=1S/C13H11N7O4/c21-12(15-5-9-1-3-14-4-2-9)13-17-11(18-24-13)8-19-7-10(6-16-19)20(22)23/h1-4,6-7H,5,8H2,(H,15,21). The number of amides is 1. The molecule has 11 nitrogen and oxygen atoms in total. The van der Waals surface area contributed by atoms with Crippen molar-refractivity contribution in [3.63, 3.8) is 0 Å². The first-order chi connectivity index (χ1) is 11.6. The van der Waals surface area contributed by atoms with Crippen LogP contribution < -0.4 is 5.32 Å². The fraction of sp³-hybridized carbons (Fsp3) is 0.154. The van der Waals surface area contributed by atoms with Gasteiger partial charge in [-0.1, -0.05) is 5.16 Å². The first-order valence-corrected chi connectivity index (χ1v) is 6.78. The van der Waals surface area contributed by atoms with Crippen LogP contribution in [0.1, 0.15) is 22.1 Å². The summed E-state index contributed by atoms with van der Waals surface area (Å²) >= 11 is 0. The van der Waals surface area contributed by atoms with Crippen LogP contribution in [-0.4, -0.2) is 35.7 Å². The van der Waals surface area contributed by atoms with Crippen molar-refractivity contribution in [1.29, 1.82) is 0 Å². The van der Waals surface area contributed by atoms with Gasteiger partial charge in [0.25, 0.3) is 0 Å². The number of nitrogens with zero attached hydrogens (tertiary/aromatic N) is 6. The van der Waals surface area contributed by atoms with Gasteiger partial charge in [-0.3, -0.25) is 24.6 Å². The van der Waals surface area contributed by atoms with Crippen molar-refractivity contribution in [2.24, 2.45) is 0 Å². The average Bonchev–Trinajstić information content (AvgIpc) is 3.24. The summed E-state index contributed by atoms with van der Waals surface area (Å²) in [5.41, 5.74) is 0.732. The van der Waals surface area contributed by atoms with Crippen molar-refractivity contribution >= 4 is 11.6 Å². The number of hydrogen-bond acceptors (Lipinski definition) is 8. The van der Waals surface area contributed by atoms with Crippen LogP contribution in [0.2, 0.25) is 0 Å². The molecule has 0 bridgehead atoms. The molecule has 0 aliphatic heterocycles. The molecule has 0 atom stereocenters. The van der Waals surface area contributed by atoms with Gasteiger partial charge in [-0.15, -0.1) is 0 Å². The molecule has 0 fully saturated rings. The van der Waals surface area contributed by atoms with E-state index < -0.39 is 10.8 Å². The van der Waals surface area contributed by atoms with Gasteiger partial charge in [-0.2, -0.15) is 10.1 Å². The average molecular weight is 329 g/mol. The first kappa shape index (κ1) is 15.3. The summed E-state index contributed by atoms with van der Waals surface area (Å²) < 4.78 is 6.16. The number of pyridine rings is 1. The Morgan fingerprint density at radius 3 is 2.88 bits per heavy atom. The summed E-state index contributed by atoms with van der Waals surface area (Å²) in [7, 11) is 0. The maximum atomic E-state index is 11.9. The molecule has 3 aromatic rings. The molecular weight excluding hydrogens is 318 g/mol. The third kappa shape index (κ3) is 3.58. The Morgan fingerprint density at radius 2 is 2.17 bits per heavy atom. The molecule has 0 unspecified atom stereocenters. The van der Waals surface area contributed by atoms with Gasteiger partial charge in [-0.05, 0) is 17.7 Å². The molecule has 0 spiro atoms. The molecule has 1 N–H and O–H groups in total. The van der Waals surface area contributed by atoms with Crippen molar-refractivity contribution in [2.45, 2.75) is 13.1 Å². The molecular formula is C13H11N7O4. The fourth-order valence-corrected chi connectivity index (χ4v) is 1.85. The Labute approximate surface area is 134 Å². The summed E-state index contributed by atoms with van der Waals surface area (Å²) in [4.78, 5) is 29.8. The molecule has 11 heteroatoms. The molecule has 3 aromatic heterocycles. The van der Waals surface area contributed by atoms with Gasteiger partial charge >= 0.3 is 17.5 Å². The van der Waals surface area contributed by atoms with E-state index in [1.807, 2.05) is 0 Å². The number of nitro groups is 1. The highest BCUT2D eigenvalue weighted by Gasteiger charge is 2.16. The molecule has 0 saturated heterocycles. The Balaban J connectivity index is 1.60. The number of hydrogen-bond donors (Lipinski definition) is 1. The Hall–Kier alpha value is -3.63. The van der Waals surface area contributed by atoms with Crippen molar-refractivity contribution < 1.29 is 14.2 Å². The Kier molecular flexibility index (Phi) is 4.23. The topological polar surface area (TPSA) is 142 Å². The van der Waals surface area contributed by atoms with Gasteiger partial charge in [0.15, 0.2) is 5.82 Å². The summed E-state index contributed by atoms with van der Waals surface area (Å²) in [6, 6.07) is 3.54. The number of aromatic nitrogens is 5. The lowest BCUT2D eigenvalue weighted by Crippen LogP contribution is -2.23. The fourth-order valence-electron chi connectivity index (χ4n) is 1.85. The normalized spacial score (nSPS) is 10.5. The van der Waals surface area contributed by atoms with Gasteiger partial charge in [0.2, 0.25) is 0 Å². The molecule has 0 aliphatic carbocycles. The molecule has 0 saturated carbocycles. The van der Waals surface area contributed by atoms with Crippen LogP contribution in [0.15, 0.2) is 41.4 Å². The highest BCUT2D eigenvalue weighted by Crippen LogP contribution is 2.09. The van der Waals surface area contributed by atoms with E-state index in [0.29, 0.717) is 6.54 Å². The SMILES string of the molecule is O=C(NCc1ccncc1)c1nc(Cn2cc([N+](=O)[O-])cn2)no1. The Bertz CT molecular complexity index is 858. The summed E-state index contributed by atoms with van der Waals surface area (Å²) in [5.74, 6) is -0.528. The zero-order valence-corrected chi connectivity index (χ0v) is 12.2. The first-order valence-electron chi connectivity index (χ1n) is 6.78. The van der Waals surface area contributed by atoms with Crippen LogP contribution in [0.4, 0.5) is 5.69 Å². The number of nitrogens with one attached hydrogen (secondary N) is 1. The molecule has 0 aromatic carbocycles. The number of carbonyl (C=O) groups is 1. The van der Waals surface area contributed by atoms with Crippen LogP contribution in [0.25, 0.3) is 0 Å². The highest BCUT2D eigenvalue weighted by atomic mass is 16.6. The number of rotatable bonds is 6. The molecule has 0 aliphatic rings. The van der Waals surface area contributed by atoms with E-state index in [2.05, 4.69) is 25.5 Å². The Morgan fingerprint density at radius 1 is 1.38 bits per heavy atom. The van der Waals surface area contributed by atoms with E-state index in [9.17, 15) is 14.9 Å². The zero-order chi connectivity index (χ0) is 16.9. The molecule has 122 valence electrons. The van der Waals surface area contributed by atoms with Crippen molar-refractivity contribution in [3.8, 4) is 0 Å². The smallest absolute Gasteiger partial charge is 0.316 e. The van der Waals surface area contributed by atoms with Crippen LogP contribution in [0.5, 0.6) is 0 Å². The maximum absolute atomic E-state index is 11.9. The van der Waals surface area contributed by atoms with E-state index in [1.54, 1.807) is 24.5 Å². The van der Waals surface area contributed by atoms with Crippen molar-refractivity contribution in [1.82, 2.24) is 30.2 Å². The van der Waals surface area contributed by atoms with Crippen LogP contribution >= 0.6 is 0 Å². The van der Waals surface area contributed by atoms with Gasteiger partial charge in [-0.25, -0.2) is 0 Å². The molecule has 3 heterocycles. The molecule has 3 rings (SSSR count). The number of carbonyl (C=O) groups excluding carboxylic acids is 1. The second-order valence-corrected chi connectivity index (χ2v) is 4.71. The minimum atomic E-state index is -0.558. The van der Waals surface area contributed by atoms with E-state index in [-0.39, 0.29) is 23.9 Å². The van der Waals surface area contributed by atoms with E-state index in [0.717, 1.165) is 11.8 Å². The van der Waals surface area contributed by atoms with E-state index >= 15 is 0 Å². The second kappa shape index (κ2) is 6.64. The van der Waals surface area contributed by atoms with E-state index in [1.165, 1.54) is 10.9 Å². The van der Waals surface area contributed by atoms with E-state index in [4.69, 9.17) is 4.52 Å². The van der Waals surface area contributed by atoms with Crippen molar-refractivity contribution in [3.05, 3.63) is 64.3 Å². The van der Waals surface area contributed by atoms with Gasteiger partial charge in [0.1, 0.15) is 18.9 Å². The van der Waals surface area contributed by atoms with Crippen LogP contribution in [0.3, 0.4) is 0 Å². The minimum absolute atomic E-state index is 0.0506. The van der Waals surface area contributed by atoms with Gasteiger partial charge in [0, 0.05) is 18.9 Å². The second-order valence-electron chi connectivity index (χ2n) is 4.71. The predicted molar refractivity (Wildman–Crippen MR) is 77.7 cm³/mol. The zero-order valence-electron chi connectivity index (χ0n) is 12.2. The highest BCUT2D eigenvalue weighted by molar-refractivity contribution is 5.89. The van der Waals surface area contributed by atoms with Crippen molar-refractivity contribution in [2.75, 3.05) is 0 Å². The van der Waals surface area contributed by atoms with Gasteiger partial charge < -0.3 is 9.84 Å². The summed E-state index contributed by atoms with van der Waals surface area (Å²) in [6.45, 7) is 0.347. The summed E-state index contributed by atoms with van der Waals surface area (Å²) in [5, 5.41) is 20.7. The maximum Gasteiger partial charge on any atom is 0.316 e. The lowest BCUT2D eigenvalue weighted by atomic mass is 10.3. The predicted octanol–water partition coefficient (Wildman–Crippen LogP) is 0.548. The third-order valence-electron chi connectivity index (χ3n) is 3.00. The molecule has 24 heavy (non-hydrogen) atoms. The van der Waals surface area contributed by atoms with Crippen LogP contribution in [-0.2, 0) is 13.1 Å². The minimum Gasteiger partial charge on any atom is -0.344 e. The lowest BCUT2D eigenvalue weighted by molar-refractivity contribution is -0.385. The molecule has 1 amide bonds. The summed E-state index contributed by atoms with van der Waals surface area (Å²) in [6.07, 6.45) is 5.59. The van der Waals surface area contributed by atoms with Crippen LogP contribution in [0, 0.1) is 10.1 Å². The third-order valence-corrected chi connectivity index (χ3v) is 3.00. The van der Waals surface area contributed by atoms with Gasteiger partial charge in [0.05, 0.1) is 4.92 Å². The lowest BCUT2D eigenvalue weighted by Gasteiger charge is -2.01. The largest absolute Gasteiger partial charge is 0.344 e. The monoisotopic (exact) mass is 329 g/mol. The molecule has 0 radical (unpaired) electrons. The quantitative estimate of drug-likeness (QED) is 0.510.